The summed E-state index contributed by atoms with van der Waals surface area (Å²) in [4.78, 5) is 19.8. The predicted octanol–water partition coefficient (Wildman–Crippen LogP) is 6.42. The first kappa shape index (κ1) is 26.6. The summed E-state index contributed by atoms with van der Waals surface area (Å²) in [5.74, 6) is -0.0377. The molecule has 1 fully saturated rings. The Hall–Kier alpha value is -3.97. The lowest BCUT2D eigenvalue weighted by atomic mass is 9.96. The van der Waals surface area contributed by atoms with Crippen molar-refractivity contribution in [2.45, 2.75) is 53.1 Å². The number of nitrogens with zero attached hydrogens (tertiary/aromatic N) is 3. The van der Waals surface area contributed by atoms with E-state index in [-0.39, 0.29) is 18.0 Å². The lowest BCUT2D eigenvalue weighted by Gasteiger charge is -2.28. The first-order chi connectivity index (χ1) is 18.7. The number of aromatic nitrogens is 2. The molecule has 1 aliphatic rings. The fraction of sp³-hybridized carbons (Fsp3) is 0.281. The first-order valence-electron chi connectivity index (χ1n) is 13.3. The molecule has 1 amide bonds. The Morgan fingerprint density at radius 2 is 1.79 bits per heavy atom. The number of anilines is 1. The van der Waals surface area contributed by atoms with Crippen LogP contribution in [0.2, 0.25) is 0 Å². The van der Waals surface area contributed by atoms with Gasteiger partial charge in [-0.2, -0.15) is 0 Å². The average Bonchev–Trinajstić information content (AvgIpc) is 3.39. The standard InChI is InChI=1S/C32H35N5OS/c1-20-10-8-12-25(18-20)34-29(38)15-17-36-31(30(35-32(36)39)27-13-6-7-16-33-27)26-19-22(3)37(24(26)5)28-14-9-11-21(2)23(28)4/h6-14,16,18-19,30-31H,15,17H2,1-5H3,(H,34,38)(H,35,39)/t30-,31-/m1/s1. The second-order valence-electron chi connectivity index (χ2n) is 10.4. The maximum atomic E-state index is 12.9. The summed E-state index contributed by atoms with van der Waals surface area (Å²) in [5.41, 5.74) is 10.0. The van der Waals surface area contributed by atoms with Gasteiger partial charge in [-0.1, -0.05) is 30.3 Å². The molecule has 4 aromatic rings. The molecule has 0 unspecified atom stereocenters. The molecule has 2 aromatic heterocycles. The van der Waals surface area contributed by atoms with Crippen molar-refractivity contribution < 1.29 is 4.79 Å². The van der Waals surface area contributed by atoms with Gasteiger partial charge in [-0.3, -0.25) is 9.78 Å². The number of hydrogen-bond donors (Lipinski definition) is 2. The van der Waals surface area contributed by atoms with Gasteiger partial charge in [-0.25, -0.2) is 0 Å². The van der Waals surface area contributed by atoms with Crippen LogP contribution in [0.3, 0.4) is 0 Å². The topological polar surface area (TPSA) is 62.2 Å². The molecular weight excluding hydrogens is 502 g/mol. The molecule has 1 aliphatic heterocycles. The molecule has 0 saturated carbocycles. The van der Waals surface area contributed by atoms with E-state index in [1.807, 2.05) is 55.6 Å². The monoisotopic (exact) mass is 537 g/mol. The van der Waals surface area contributed by atoms with E-state index >= 15 is 0 Å². The molecule has 0 bridgehead atoms. The Balaban J connectivity index is 1.49. The molecule has 39 heavy (non-hydrogen) atoms. The third kappa shape index (κ3) is 5.32. The number of nitrogens with one attached hydrogen (secondary N) is 2. The highest BCUT2D eigenvalue weighted by Gasteiger charge is 2.41. The molecule has 0 spiro atoms. The zero-order valence-electron chi connectivity index (χ0n) is 23.2. The van der Waals surface area contributed by atoms with Crippen molar-refractivity contribution in [2.75, 3.05) is 11.9 Å². The van der Waals surface area contributed by atoms with Crippen molar-refractivity contribution in [3.63, 3.8) is 0 Å². The minimum Gasteiger partial charge on any atom is -0.352 e. The zero-order valence-corrected chi connectivity index (χ0v) is 24.0. The number of rotatable bonds is 7. The number of aryl methyl sites for hydroxylation is 3. The maximum Gasteiger partial charge on any atom is 0.226 e. The normalized spacial score (nSPS) is 16.8. The number of benzene rings is 2. The molecule has 3 heterocycles. The molecule has 2 N–H and O–H groups in total. The van der Waals surface area contributed by atoms with Crippen LogP contribution < -0.4 is 10.6 Å². The van der Waals surface area contributed by atoms with Crippen LogP contribution in [0.5, 0.6) is 0 Å². The lowest BCUT2D eigenvalue weighted by Crippen LogP contribution is -2.32. The fourth-order valence-electron chi connectivity index (χ4n) is 5.59. The number of pyridine rings is 1. The number of hydrogen-bond acceptors (Lipinski definition) is 3. The molecule has 2 aromatic carbocycles. The Morgan fingerprint density at radius 3 is 2.54 bits per heavy atom. The van der Waals surface area contributed by atoms with Crippen LogP contribution >= 0.6 is 12.2 Å². The van der Waals surface area contributed by atoms with Crippen LogP contribution in [0.25, 0.3) is 5.69 Å². The molecule has 6 nitrogen and oxygen atoms in total. The summed E-state index contributed by atoms with van der Waals surface area (Å²) < 4.78 is 2.33. The van der Waals surface area contributed by atoms with Gasteiger partial charge in [0.1, 0.15) is 0 Å². The van der Waals surface area contributed by atoms with Crippen molar-refractivity contribution in [2.24, 2.45) is 0 Å². The highest BCUT2D eigenvalue weighted by atomic mass is 32.1. The summed E-state index contributed by atoms with van der Waals surface area (Å²) >= 11 is 5.86. The molecule has 7 heteroatoms. The third-order valence-electron chi connectivity index (χ3n) is 7.69. The number of amides is 1. The van der Waals surface area contributed by atoms with E-state index in [1.54, 1.807) is 0 Å². The SMILES string of the molecule is Cc1cccc(NC(=O)CCN2C(=S)N[C@H](c3ccccn3)[C@H]2c2cc(C)n(-c3cccc(C)c3C)c2C)c1. The highest BCUT2D eigenvalue weighted by molar-refractivity contribution is 7.80. The van der Waals surface area contributed by atoms with Crippen molar-refractivity contribution in [1.29, 1.82) is 0 Å². The molecule has 0 aliphatic carbocycles. The van der Waals surface area contributed by atoms with Gasteiger partial charge in [0.25, 0.3) is 0 Å². The number of carbonyl (C=O) groups excluding carboxylic acids is 1. The van der Waals surface area contributed by atoms with Crippen LogP contribution in [-0.4, -0.2) is 32.0 Å². The minimum atomic E-state index is -0.133. The second kappa shape index (κ2) is 11.0. The van der Waals surface area contributed by atoms with Crippen LogP contribution in [0.15, 0.2) is 72.9 Å². The third-order valence-corrected chi connectivity index (χ3v) is 8.04. The van der Waals surface area contributed by atoms with E-state index in [2.05, 4.69) is 77.0 Å². The van der Waals surface area contributed by atoms with E-state index in [1.165, 1.54) is 22.4 Å². The molecule has 200 valence electrons. The molecule has 1 saturated heterocycles. The van der Waals surface area contributed by atoms with E-state index in [4.69, 9.17) is 12.2 Å². The lowest BCUT2D eigenvalue weighted by molar-refractivity contribution is -0.116. The van der Waals surface area contributed by atoms with Gasteiger partial charge in [0.2, 0.25) is 5.91 Å². The van der Waals surface area contributed by atoms with Crippen LogP contribution in [0.4, 0.5) is 5.69 Å². The number of thiocarbonyl (C=S) groups is 1. The zero-order chi connectivity index (χ0) is 27.7. The van der Waals surface area contributed by atoms with Gasteiger partial charge in [0.05, 0.1) is 17.8 Å². The maximum absolute atomic E-state index is 12.9. The van der Waals surface area contributed by atoms with Crippen molar-refractivity contribution in [1.82, 2.24) is 19.8 Å². The van der Waals surface area contributed by atoms with Crippen LogP contribution in [0.1, 0.15) is 57.8 Å². The Morgan fingerprint density at radius 1 is 1.00 bits per heavy atom. The van der Waals surface area contributed by atoms with Gasteiger partial charge >= 0.3 is 0 Å². The van der Waals surface area contributed by atoms with Crippen LogP contribution in [-0.2, 0) is 4.79 Å². The first-order valence-corrected chi connectivity index (χ1v) is 13.8. The smallest absolute Gasteiger partial charge is 0.226 e. The molecule has 5 rings (SSSR count). The Kier molecular flexibility index (Phi) is 7.53. The minimum absolute atomic E-state index is 0.0377. The van der Waals surface area contributed by atoms with E-state index < -0.39 is 0 Å². The molecule has 2 atom stereocenters. The molecular formula is C32H35N5OS. The van der Waals surface area contributed by atoms with Crippen LogP contribution in [0, 0.1) is 34.6 Å². The van der Waals surface area contributed by atoms with Gasteiger partial charge in [-0.05, 0) is 105 Å². The van der Waals surface area contributed by atoms with Crippen molar-refractivity contribution >= 4 is 28.9 Å². The van der Waals surface area contributed by atoms with Crippen molar-refractivity contribution in [3.05, 3.63) is 112 Å². The summed E-state index contributed by atoms with van der Waals surface area (Å²) in [6.07, 6.45) is 2.13. The summed E-state index contributed by atoms with van der Waals surface area (Å²) in [6, 6.07) is 22.3. The summed E-state index contributed by atoms with van der Waals surface area (Å²) in [7, 11) is 0. The van der Waals surface area contributed by atoms with Gasteiger partial charge in [-0.15, -0.1) is 0 Å². The largest absolute Gasteiger partial charge is 0.352 e. The summed E-state index contributed by atoms with van der Waals surface area (Å²) in [5, 5.41) is 7.19. The van der Waals surface area contributed by atoms with Gasteiger partial charge in [0.15, 0.2) is 5.11 Å². The van der Waals surface area contributed by atoms with Crippen molar-refractivity contribution in [3.8, 4) is 5.69 Å². The Bertz CT molecular complexity index is 1530. The quantitative estimate of drug-likeness (QED) is 0.267. The van der Waals surface area contributed by atoms with E-state index in [9.17, 15) is 4.79 Å². The highest BCUT2D eigenvalue weighted by Crippen LogP contribution is 2.41. The van der Waals surface area contributed by atoms with Gasteiger partial charge < -0.3 is 20.1 Å². The predicted molar refractivity (Wildman–Crippen MR) is 161 cm³/mol. The van der Waals surface area contributed by atoms with E-state index in [0.29, 0.717) is 18.1 Å². The van der Waals surface area contributed by atoms with Gasteiger partial charge in [0, 0.05) is 41.9 Å². The summed E-state index contributed by atoms with van der Waals surface area (Å²) in [6.45, 7) is 11.1. The number of carbonyl (C=O) groups is 1. The second-order valence-corrected chi connectivity index (χ2v) is 10.8. The Labute approximate surface area is 236 Å². The molecule has 0 radical (unpaired) electrons. The van der Waals surface area contributed by atoms with E-state index in [0.717, 1.165) is 28.3 Å². The fourth-order valence-corrected chi connectivity index (χ4v) is 5.92. The average molecular weight is 538 g/mol.